The molecule has 0 saturated heterocycles. The fourth-order valence-corrected chi connectivity index (χ4v) is 1.14. The molecule has 0 atom stereocenters. The van der Waals surface area contributed by atoms with Crippen LogP contribution in [0.25, 0.3) is 0 Å². The summed E-state index contributed by atoms with van der Waals surface area (Å²) in [4.78, 5) is 22.8. The number of carbonyl (C=O) groups is 2. The first-order chi connectivity index (χ1) is 7.88. The zero-order valence-corrected chi connectivity index (χ0v) is 11.4. The Balaban J connectivity index is 3.55. The van der Waals surface area contributed by atoms with Gasteiger partial charge < -0.3 is 16.0 Å². The van der Waals surface area contributed by atoms with Gasteiger partial charge in [-0.15, -0.1) is 0 Å². The highest BCUT2D eigenvalue weighted by molar-refractivity contribution is 5.82. The average molecular weight is 243 g/mol. The summed E-state index contributed by atoms with van der Waals surface area (Å²) in [5.74, 6) is -0.0456. The number of hydrogen-bond donors (Lipinski definition) is 3. The van der Waals surface area contributed by atoms with E-state index in [1.165, 1.54) is 0 Å². The second kappa shape index (κ2) is 8.06. The molecule has 0 aromatic heterocycles. The number of nitrogens with one attached hydrogen (secondary N) is 3. The Labute approximate surface area is 104 Å². The van der Waals surface area contributed by atoms with Crippen molar-refractivity contribution in [2.45, 2.75) is 33.6 Å². The predicted molar refractivity (Wildman–Crippen MR) is 68.6 cm³/mol. The molecule has 0 aliphatic carbocycles. The molecule has 100 valence electrons. The van der Waals surface area contributed by atoms with Crippen molar-refractivity contribution in [1.82, 2.24) is 16.0 Å². The average Bonchev–Trinajstić information content (AvgIpc) is 2.23. The van der Waals surface area contributed by atoms with Gasteiger partial charge in [-0.3, -0.25) is 9.59 Å². The zero-order chi connectivity index (χ0) is 13.3. The van der Waals surface area contributed by atoms with E-state index >= 15 is 0 Å². The summed E-state index contributed by atoms with van der Waals surface area (Å²) in [5.41, 5.74) is -0.400. The van der Waals surface area contributed by atoms with Crippen LogP contribution in [0, 0.1) is 5.41 Å². The number of rotatable bonds is 7. The lowest BCUT2D eigenvalue weighted by atomic mass is 9.96. The van der Waals surface area contributed by atoms with Gasteiger partial charge in [0.25, 0.3) is 0 Å². The highest BCUT2D eigenvalue weighted by Gasteiger charge is 2.20. The molecule has 0 aliphatic heterocycles. The molecule has 0 fully saturated rings. The first-order valence-corrected chi connectivity index (χ1v) is 6.07. The summed E-state index contributed by atoms with van der Waals surface area (Å²) in [5, 5.41) is 8.55. The number of carbonyl (C=O) groups excluding carboxylic acids is 2. The Bertz CT molecular complexity index is 247. The maximum Gasteiger partial charge on any atom is 0.225 e. The predicted octanol–water partition coefficient (Wildman–Crippen LogP) is 0.265. The maximum absolute atomic E-state index is 11.5. The molecule has 0 aromatic carbocycles. The summed E-state index contributed by atoms with van der Waals surface area (Å²) < 4.78 is 0. The Kier molecular flexibility index (Phi) is 7.54. The minimum Gasteiger partial charge on any atom is -0.356 e. The Morgan fingerprint density at radius 2 is 1.65 bits per heavy atom. The molecule has 0 spiro atoms. The summed E-state index contributed by atoms with van der Waals surface area (Å²) in [6.07, 6.45) is 1.25. The van der Waals surface area contributed by atoms with Gasteiger partial charge in [-0.25, -0.2) is 0 Å². The van der Waals surface area contributed by atoms with E-state index in [1.54, 1.807) is 0 Å². The number of amides is 2. The van der Waals surface area contributed by atoms with Crippen LogP contribution in [0.15, 0.2) is 0 Å². The summed E-state index contributed by atoms with van der Waals surface area (Å²) in [6, 6.07) is 0. The van der Waals surface area contributed by atoms with Crippen molar-refractivity contribution in [3.63, 3.8) is 0 Å². The molecule has 0 rings (SSSR count). The van der Waals surface area contributed by atoms with E-state index < -0.39 is 5.41 Å². The van der Waals surface area contributed by atoms with E-state index in [1.807, 2.05) is 27.8 Å². The van der Waals surface area contributed by atoms with Crippen molar-refractivity contribution in [3.05, 3.63) is 0 Å². The SMILES string of the molecule is CNCCCNC(=O)CCNC(=O)C(C)(C)C. The minimum atomic E-state index is -0.400. The second-order valence-electron chi connectivity index (χ2n) is 5.06. The van der Waals surface area contributed by atoms with Crippen molar-refractivity contribution in [2.24, 2.45) is 5.41 Å². The molecule has 17 heavy (non-hydrogen) atoms. The Morgan fingerprint density at radius 1 is 1.00 bits per heavy atom. The lowest BCUT2D eigenvalue weighted by molar-refractivity contribution is -0.128. The van der Waals surface area contributed by atoms with Crippen molar-refractivity contribution in [2.75, 3.05) is 26.7 Å². The molecule has 0 aliphatic rings. The van der Waals surface area contributed by atoms with Crippen molar-refractivity contribution >= 4 is 11.8 Å². The molecule has 2 amide bonds. The van der Waals surface area contributed by atoms with Crippen LogP contribution in [0.3, 0.4) is 0 Å². The molecule has 5 nitrogen and oxygen atoms in total. The van der Waals surface area contributed by atoms with E-state index in [2.05, 4.69) is 16.0 Å². The van der Waals surface area contributed by atoms with Crippen molar-refractivity contribution < 1.29 is 9.59 Å². The summed E-state index contributed by atoms with van der Waals surface area (Å²) in [7, 11) is 1.88. The normalized spacial score (nSPS) is 11.1. The standard InChI is InChI=1S/C12H25N3O2/c1-12(2,3)11(17)15-9-6-10(16)14-8-5-7-13-4/h13H,5-9H2,1-4H3,(H,14,16)(H,15,17). The first-order valence-electron chi connectivity index (χ1n) is 6.07. The van der Waals surface area contributed by atoms with Gasteiger partial charge in [0.2, 0.25) is 11.8 Å². The third-order valence-corrected chi connectivity index (χ3v) is 2.24. The highest BCUT2D eigenvalue weighted by Crippen LogP contribution is 2.11. The van der Waals surface area contributed by atoms with Crippen molar-refractivity contribution in [3.8, 4) is 0 Å². The van der Waals surface area contributed by atoms with Gasteiger partial charge in [-0.2, -0.15) is 0 Å². The maximum atomic E-state index is 11.5. The summed E-state index contributed by atoms with van der Waals surface area (Å²) >= 11 is 0. The highest BCUT2D eigenvalue weighted by atomic mass is 16.2. The molecule has 0 aromatic rings. The Morgan fingerprint density at radius 3 is 2.18 bits per heavy atom. The van der Waals surface area contributed by atoms with E-state index in [-0.39, 0.29) is 11.8 Å². The third-order valence-electron chi connectivity index (χ3n) is 2.24. The van der Waals surface area contributed by atoms with Crippen molar-refractivity contribution in [1.29, 1.82) is 0 Å². The van der Waals surface area contributed by atoms with Crippen LogP contribution in [0.1, 0.15) is 33.6 Å². The van der Waals surface area contributed by atoms with Gasteiger partial charge in [0.15, 0.2) is 0 Å². The van der Waals surface area contributed by atoms with Gasteiger partial charge in [0, 0.05) is 24.9 Å². The zero-order valence-electron chi connectivity index (χ0n) is 11.4. The fourth-order valence-electron chi connectivity index (χ4n) is 1.14. The molecule has 0 saturated carbocycles. The largest absolute Gasteiger partial charge is 0.356 e. The monoisotopic (exact) mass is 243 g/mol. The van der Waals surface area contributed by atoms with Crippen LogP contribution in [0.2, 0.25) is 0 Å². The van der Waals surface area contributed by atoms with E-state index in [4.69, 9.17) is 0 Å². The van der Waals surface area contributed by atoms with Crippen LogP contribution < -0.4 is 16.0 Å². The van der Waals surface area contributed by atoms with Gasteiger partial charge in [0.05, 0.1) is 0 Å². The van der Waals surface area contributed by atoms with Crippen LogP contribution in [0.5, 0.6) is 0 Å². The third kappa shape index (κ3) is 8.68. The molecule has 0 heterocycles. The first kappa shape index (κ1) is 15.9. The van der Waals surface area contributed by atoms with E-state index in [0.29, 0.717) is 19.5 Å². The van der Waals surface area contributed by atoms with Crippen LogP contribution in [0.4, 0.5) is 0 Å². The van der Waals surface area contributed by atoms with Crippen LogP contribution in [-0.4, -0.2) is 38.5 Å². The van der Waals surface area contributed by atoms with Gasteiger partial charge in [-0.1, -0.05) is 20.8 Å². The number of hydrogen-bond acceptors (Lipinski definition) is 3. The topological polar surface area (TPSA) is 70.2 Å². The molecular formula is C12H25N3O2. The van der Waals surface area contributed by atoms with E-state index in [0.717, 1.165) is 13.0 Å². The van der Waals surface area contributed by atoms with Gasteiger partial charge in [-0.05, 0) is 20.0 Å². The lowest BCUT2D eigenvalue weighted by Gasteiger charge is -2.17. The molecule has 5 heteroatoms. The van der Waals surface area contributed by atoms with Crippen LogP contribution >= 0.6 is 0 Å². The van der Waals surface area contributed by atoms with Gasteiger partial charge in [0.1, 0.15) is 0 Å². The molecule has 3 N–H and O–H groups in total. The quantitative estimate of drug-likeness (QED) is 0.562. The molecule has 0 unspecified atom stereocenters. The second-order valence-corrected chi connectivity index (χ2v) is 5.06. The lowest BCUT2D eigenvalue weighted by Crippen LogP contribution is -2.37. The smallest absolute Gasteiger partial charge is 0.225 e. The van der Waals surface area contributed by atoms with Gasteiger partial charge >= 0.3 is 0 Å². The molecular weight excluding hydrogens is 218 g/mol. The van der Waals surface area contributed by atoms with E-state index in [9.17, 15) is 9.59 Å². The van der Waals surface area contributed by atoms with Crippen LogP contribution in [-0.2, 0) is 9.59 Å². The fraction of sp³-hybridized carbons (Fsp3) is 0.833. The summed E-state index contributed by atoms with van der Waals surface area (Å²) in [6.45, 7) is 7.50. The minimum absolute atomic E-state index is 0.0182. The molecule has 0 bridgehead atoms. The molecule has 0 radical (unpaired) electrons. The Hall–Kier alpha value is -1.10.